The van der Waals surface area contributed by atoms with Gasteiger partial charge in [0, 0.05) is 62.2 Å². The molecule has 3 aromatic rings. The standard InChI is InChI=1S/C19H23N7/c1-15-18(22-16(2)23-19(15)26-12-3-7-21-26)25-11-4-10-24(13-14-25)17-5-8-20-9-6-17/h3,5-9,12H,4,10-11,13-14H2,1-2H3. The molecule has 1 aliphatic rings. The fraction of sp³-hybridized carbons (Fsp3) is 0.368. The van der Waals surface area contributed by atoms with Gasteiger partial charge in [-0.3, -0.25) is 4.98 Å². The van der Waals surface area contributed by atoms with Gasteiger partial charge in [-0.05, 0) is 38.5 Å². The Bertz CT molecular complexity index is 861. The van der Waals surface area contributed by atoms with Crippen LogP contribution in [0.15, 0.2) is 43.0 Å². The largest absolute Gasteiger partial charge is 0.370 e. The van der Waals surface area contributed by atoms with Crippen LogP contribution < -0.4 is 9.80 Å². The first-order chi connectivity index (χ1) is 12.7. The van der Waals surface area contributed by atoms with Crippen LogP contribution >= 0.6 is 0 Å². The molecule has 4 heterocycles. The molecule has 1 saturated heterocycles. The number of hydrogen-bond acceptors (Lipinski definition) is 6. The predicted molar refractivity (Wildman–Crippen MR) is 102 cm³/mol. The second kappa shape index (κ2) is 7.11. The van der Waals surface area contributed by atoms with E-state index >= 15 is 0 Å². The first kappa shape index (κ1) is 16.5. The number of pyridine rings is 1. The molecule has 1 aliphatic heterocycles. The molecule has 3 aromatic heterocycles. The third-order valence-electron chi connectivity index (χ3n) is 4.75. The van der Waals surface area contributed by atoms with E-state index in [0.29, 0.717) is 0 Å². The van der Waals surface area contributed by atoms with Crippen LogP contribution in [-0.4, -0.2) is 50.9 Å². The van der Waals surface area contributed by atoms with Gasteiger partial charge in [-0.2, -0.15) is 5.10 Å². The molecular formula is C19H23N7. The Morgan fingerprint density at radius 3 is 2.35 bits per heavy atom. The van der Waals surface area contributed by atoms with Crippen molar-refractivity contribution >= 4 is 11.5 Å². The zero-order valence-corrected chi connectivity index (χ0v) is 15.2. The predicted octanol–water partition coefficient (Wildman–Crippen LogP) is 2.39. The van der Waals surface area contributed by atoms with Gasteiger partial charge in [0.2, 0.25) is 0 Å². The highest BCUT2D eigenvalue weighted by Gasteiger charge is 2.20. The highest BCUT2D eigenvalue weighted by molar-refractivity contribution is 5.54. The lowest BCUT2D eigenvalue weighted by atomic mass is 10.2. The summed E-state index contributed by atoms with van der Waals surface area (Å²) in [5.74, 6) is 2.64. The van der Waals surface area contributed by atoms with Crippen LogP contribution in [-0.2, 0) is 0 Å². The fourth-order valence-corrected chi connectivity index (χ4v) is 3.47. The van der Waals surface area contributed by atoms with E-state index in [1.165, 1.54) is 5.69 Å². The van der Waals surface area contributed by atoms with Crippen molar-refractivity contribution in [3.63, 3.8) is 0 Å². The molecule has 26 heavy (non-hydrogen) atoms. The van der Waals surface area contributed by atoms with Crippen molar-refractivity contribution in [2.24, 2.45) is 0 Å². The molecule has 0 amide bonds. The zero-order chi connectivity index (χ0) is 17.9. The molecule has 134 valence electrons. The van der Waals surface area contributed by atoms with Crippen LogP contribution in [0.5, 0.6) is 0 Å². The van der Waals surface area contributed by atoms with Crippen LogP contribution in [0.2, 0.25) is 0 Å². The minimum Gasteiger partial charge on any atom is -0.370 e. The Morgan fingerprint density at radius 1 is 0.846 bits per heavy atom. The average Bonchev–Trinajstić information content (AvgIpc) is 3.08. The summed E-state index contributed by atoms with van der Waals surface area (Å²) >= 11 is 0. The molecule has 0 saturated carbocycles. The van der Waals surface area contributed by atoms with Crippen molar-refractivity contribution in [3.05, 3.63) is 54.4 Å². The molecule has 0 atom stereocenters. The second-order valence-corrected chi connectivity index (χ2v) is 6.53. The van der Waals surface area contributed by atoms with E-state index in [1.807, 2.05) is 36.3 Å². The maximum atomic E-state index is 4.75. The van der Waals surface area contributed by atoms with E-state index in [0.717, 1.165) is 55.6 Å². The maximum Gasteiger partial charge on any atom is 0.162 e. The molecule has 7 nitrogen and oxygen atoms in total. The molecule has 0 spiro atoms. The first-order valence-corrected chi connectivity index (χ1v) is 8.97. The van der Waals surface area contributed by atoms with Crippen molar-refractivity contribution < 1.29 is 0 Å². The van der Waals surface area contributed by atoms with Crippen LogP contribution in [0.3, 0.4) is 0 Å². The minimum absolute atomic E-state index is 0.770. The van der Waals surface area contributed by atoms with Crippen molar-refractivity contribution in [2.75, 3.05) is 36.0 Å². The summed E-state index contributed by atoms with van der Waals surface area (Å²) in [6, 6.07) is 6.06. The number of anilines is 2. The Morgan fingerprint density at radius 2 is 1.58 bits per heavy atom. The highest BCUT2D eigenvalue weighted by Crippen LogP contribution is 2.24. The topological polar surface area (TPSA) is 63.0 Å². The molecule has 7 heteroatoms. The van der Waals surface area contributed by atoms with Gasteiger partial charge in [0.1, 0.15) is 11.6 Å². The molecule has 1 fully saturated rings. The molecule has 0 aromatic carbocycles. The maximum absolute atomic E-state index is 4.75. The Labute approximate surface area is 153 Å². The second-order valence-electron chi connectivity index (χ2n) is 6.53. The summed E-state index contributed by atoms with van der Waals surface area (Å²) in [7, 11) is 0. The monoisotopic (exact) mass is 349 g/mol. The first-order valence-electron chi connectivity index (χ1n) is 8.97. The minimum atomic E-state index is 0.770. The number of aryl methyl sites for hydroxylation is 1. The number of aromatic nitrogens is 5. The number of nitrogens with zero attached hydrogens (tertiary/aromatic N) is 7. The van der Waals surface area contributed by atoms with Crippen molar-refractivity contribution in [2.45, 2.75) is 20.3 Å². The van der Waals surface area contributed by atoms with Gasteiger partial charge < -0.3 is 9.80 Å². The smallest absolute Gasteiger partial charge is 0.162 e. The molecule has 0 aliphatic carbocycles. The Kier molecular flexibility index (Phi) is 4.51. The third-order valence-corrected chi connectivity index (χ3v) is 4.75. The van der Waals surface area contributed by atoms with Crippen LogP contribution in [0.1, 0.15) is 17.8 Å². The van der Waals surface area contributed by atoms with Gasteiger partial charge in [0.15, 0.2) is 5.82 Å². The van der Waals surface area contributed by atoms with Gasteiger partial charge in [0.25, 0.3) is 0 Å². The van der Waals surface area contributed by atoms with E-state index in [1.54, 1.807) is 6.20 Å². The normalized spacial score (nSPS) is 15.2. The van der Waals surface area contributed by atoms with E-state index in [9.17, 15) is 0 Å². The molecule has 0 bridgehead atoms. The zero-order valence-electron chi connectivity index (χ0n) is 15.2. The molecule has 0 unspecified atom stereocenters. The Balaban J connectivity index is 1.60. The summed E-state index contributed by atoms with van der Waals surface area (Å²) in [6.07, 6.45) is 8.49. The van der Waals surface area contributed by atoms with Crippen LogP contribution in [0.4, 0.5) is 11.5 Å². The lowest BCUT2D eigenvalue weighted by molar-refractivity contribution is 0.769. The quantitative estimate of drug-likeness (QED) is 0.723. The fourth-order valence-electron chi connectivity index (χ4n) is 3.47. The lowest BCUT2D eigenvalue weighted by Gasteiger charge is -2.25. The van der Waals surface area contributed by atoms with Gasteiger partial charge in [0.05, 0.1) is 0 Å². The Hall–Kier alpha value is -2.96. The van der Waals surface area contributed by atoms with Gasteiger partial charge in [-0.25, -0.2) is 14.6 Å². The average molecular weight is 349 g/mol. The summed E-state index contributed by atoms with van der Waals surface area (Å²) in [5.41, 5.74) is 2.30. The van der Waals surface area contributed by atoms with E-state index in [-0.39, 0.29) is 0 Å². The van der Waals surface area contributed by atoms with E-state index in [4.69, 9.17) is 4.98 Å². The molecular weight excluding hydrogens is 326 g/mol. The summed E-state index contributed by atoms with van der Waals surface area (Å²) in [5, 5.41) is 4.34. The van der Waals surface area contributed by atoms with E-state index in [2.05, 4.69) is 43.9 Å². The SMILES string of the molecule is Cc1nc(N2CCCN(c3ccncc3)CC2)c(C)c(-n2cccn2)n1. The van der Waals surface area contributed by atoms with Gasteiger partial charge >= 0.3 is 0 Å². The molecule has 0 radical (unpaired) electrons. The summed E-state index contributed by atoms with van der Waals surface area (Å²) in [6.45, 7) is 7.93. The molecule has 0 N–H and O–H groups in total. The summed E-state index contributed by atoms with van der Waals surface area (Å²) < 4.78 is 1.81. The van der Waals surface area contributed by atoms with E-state index < -0.39 is 0 Å². The van der Waals surface area contributed by atoms with Gasteiger partial charge in [-0.15, -0.1) is 0 Å². The molecule has 4 rings (SSSR count). The van der Waals surface area contributed by atoms with Crippen molar-refractivity contribution in [3.8, 4) is 5.82 Å². The van der Waals surface area contributed by atoms with Gasteiger partial charge in [-0.1, -0.05) is 0 Å². The van der Waals surface area contributed by atoms with Crippen molar-refractivity contribution in [1.29, 1.82) is 0 Å². The van der Waals surface area contributed by atoms with Crippen molar-refractivity contribution in [1.82, 2.24) is 24.7 Å². The number of hydrogen-bond donors (Lipinski definition) is 0. The highest BCUT2D eigenvalue weighted by atomic mass is 15.3. The van der Waals surface area contributed by atoms with Crippen LogP contribution in [0, 0.1) is 13.8 Å². The lowest BCUT2D eigenvalue weighted by Crippen LogP contribution is -2.32. The summed E-state index contributed by atoms with van der Waals surface area (Å²) in [4.78, 5) is 18.3. The third kappa shape index (κ3) is 3.24. The van der Waals surface area contributed by atoms with Crippen LogP contribution in [0.25, 0.3) is 5.82 Å². The number of rotatable bonds is 3.